The molecule has 7 nitrogen and oxygen atoms in total. The van der Waals surface area contributed by atoms with Crippen LogP contribution in [0.4, 0.5) is 0 Å². The number of unbranched alkanes of at least 4 members (excludes halogenated alkanes) is 4. The van der Waals surface area contributed by atoms with E-state index in [0.717, 1.165) is 32.1 Å². The van der Waals surface area contributed by atoms with Crippen molar-refractivity contribution in [2.75, 3.05) is 13.2 Å². The van der Waals surface area contributed by atoms with Crippen LogP contribution in [0.5, 0.6) is 0 Å². The fraction of sp³-hybridized carbons (Fsp3) is 0.850. The Bertz CT molecular complexity index is 559. The Morgan fingerprint density at radius 1 is 1.21 bits per heavy atom. The van der Waals surface area contributed by atoms with Crippen LogP contribution in [0.2, 0.25) is 0 Å². The van der Waals surface area contributed by atoms with Crippen molar-refractivity contribution in [3.63, 3.8) is 0 Å². The van der Waals surface area contributed by atoms with E-state index in [4.69, 9.17) is 4.74 Å². The van der Waals surface area contributed by atoms with E-state index < -0.39 is 34.1 Å². The highest BCUT2D eigenvalue weighted by Gasteiger charge is 2.42. The van der Waals surface area contributed by atoms with Crippen molar-refractivity contribution >= 4 is 43.1 Å². The molecule has 1 amide bonds. The van der Waals surface area contributed by atoms with Gasteiger partial charge in [-0.05, 0) is 33.1 Å². The molecule has 1 unspecified atom stereocenters. The van der Waals surface area contributed by atoms with Crippen molar-refractivity contribution in [2.45, 2.75) is 94.3 Å². The van der Waals surface area contributed by atoms with Crippen molar-refractivity contribution in [1.29, 1.82) is 0 Å². The quantitative estimate of drug-likeness (QED) is 0.150. The second-order valence-electron chi connectivity index (χ2n) is 7.64. The number of nitrogens with zero attached hydrogens (tertiary/aromatic N) is 1. The SMILES string of the molecule is CCCCCCCC(S)(S)[C@H](NC(C)C(=O)N1CCC[C@H]1C(=O)O)C(=O)OCC. The Labute approximate surface area is 185 Å². The average molecular weight is 449 g/mol. The topological polar surface area (TPSA) is 95.9 Å². The minimum absolute atomic E-state index is 0.209. The van der Waals surface area contributed by atoms with E-state index in [9.17, 15) is 19.5 Å². The molecule has 0 saturated carbocycles. The maximum atomic E-state index is 12.8. The van der Waals surface area contributed by atoms with E-state index in [2.05, 4.69) is 37.5 Å². The molecule has 0 aromatic carbocycles. The molecule has 1 saturated heterocycles. The van der Waals surface area contributed by atoms with Crippen molar-refractivity contribution in [1.82, 2.24) is 10.2 Å². The van der Waals surface area contributed by atoms with Gasteiger partial charge in [-0.1, -0.05) is 39.0 Å². The minimum Gasteiger partial charge on any atom is -0.480 e. The molecule has 168 valence electrons. The number of amides is 1. The van der Waals surface area contributed by atoms with Gasteiger partial charge in [0.2, 0.25) is 5.91 Å². The van der Waals surface area contributed by atoms with Gasteiger partial charge >= 0.3 is 11.9 Å². The number of esters is 1. The summed E-state index contributed by atoms with van der Waals surface area (Å²) in [7, 11) is 0. The monoisotopic (exact) mass is 448 g/mol. The molecule has 2 N–H and O–H groups in total. The molecule has 1 fully saturated rings. The second kappa shape index (κ2) is 12.7. The van der Waals surface area contributed by atoms with Crippen LogP contribution in [0.25, 0.3) is 0 Å². The zero-order valence-electron chi connectivity index (χ0n) is 17.7. The van der Waals surface area contributed by atoms with Crippen LogP contribution in [0.15, 0.2) is 0 Å². The molecule has 0 radical (unpaired) electrons. The highest BCUT2D eigenvalue weighted by atomic mass is 32.2. The zero-order chi connectivity index (χ0) is 22.0. The summed E-state index contributed by atoms with van der Waals surface area (Å²) in [6, 6.07) is -2.48. The number of rotatable bonds is 13. The highest BCUT2D eigenvalue weighted by Crippen LogP contribution is 2.32. The summed E-state index contributed by atoms with van der Waals surface area (Å²) in [5.41, 5.74) is 0. The summed E-state index contributed by atoms with van der Waals surface area (Å²) in [4.78, 5) is 38.2. The Hall–Kier alpha value is -0.930. The smallest absolute Gasteiger partial charge is 0.326 e. The molecule has 1 heterocycles. The molecule has 0 aliphatic carbocycles. The maximum Gasteiger partial charge on any atom is 0.326 e. The molecule has 1 rings (SSSR count). The van der Waals surface area contributed by atoms with Gasteiger partial charge in [0.25, 0.3) is 0 Å². The van der Waals surface area contributed by atoms with Crippen LogP contribution in [-0.2, 0) is 19.1 Å². The summed E-state index contributed by atoms with van der Waals surface area (Å²) in [6.07, 6.45) is 6.97. The van der Waals surface area contributed by atoms with Gasteiger partial charge in [0, 0.05) is 6.54 Å². The summed E-state index contributed by atoms with van der Waals surface area (Å²) in [5.74, 6) is -1.86. The van der Waals surface area contributed by atoms with Crippen molar-refractivity contribution < 1.29 is 24.2 Å². The number of carboxylic acids is 1. The normalized spacial score (nSPS) is 19.1. The number of likely N-dealkylation sites (tertiary alicyclic amines) is 1. The first-order valence-corrected chi connectivity index (χ1v) is 11.5. The molecule has 0 spiro atoms. The number of hydrogen-bond acceptors (Lipinski definition) is 7. The molecule has 0 aromatic rings. The third-order valence-electron chi connectivity index (χ3n) is 5.24. The number of carbonyl (C=O) groups is 3. The molecule has 0 aromatic heterocycles. The van der Waals surface area contributed by atoms with Crippen LogP contribution in [-0.4, -0.2) is 63.2 Å². The third-order valence-corrected chi connectivity index (χ3v) is 6.20. The lowest BCUT2D eigenvalue weighted by Crippen LogP contribution is -2.58. The molecule has 3 atom stereocenters. The Morgan fingerprint density at radius 2 is 1.86 bits per heavy atom. The van der Waals surface area contributed by atoms with Crippen molar-refractivity contribution in [3.8, 4) is 0 Å². The Balaban J connectivity index is 2.82. The van der Waals surface area contributed by atoms with Crippen LogP contribution in [0.3, 0.4) is 0 Å². The average Bonchev–Trinajstić information content (AvgIpc) is 3.15. The van der Waals surface area contributed by atoms with E-state index in [1.165, 1.54) is 4.90 Å². The summed E-state index contributed by atoms with van der Waals surface area (Å²) < 4.78 is 4.19. The number of ether oxygens (including phenoxy) is 1. The minimum atomic E-state index is -1.00. The zero-order valence-corrected chi connectivity index (χ0v) is 19.5. The van der Waals surface area contributed by atoms with Gasteiger partial charge in [-0.15, -0.1) is 0 Å². The molecule has 9 heteroatoms. The van der Waals surface area contributed by atoms with E-state index in [-0.39, 0.29) is 12.5 Å². The second-order valence-corrected chi connectivity index (χ2v) is 9.59. The lowest BCUT2D eigenvalue weighted by molar-refractivity contribution is -0.150. The standard InChI is InChI=1S/C20H36N2O5S2/c1-4-6-7-8-9-12-20(28,29)16(19(26)27-5-2)21-14(3)17(23)22-13-10-11-15(22)18(24)25/h14-16,21,28-29H,4-13H2,1-3H3,(H,24,25)/t14?,15-,16+/m0/s1. The van der Waals surface area contributed by atoms with E-state index >= 15 is 0 Å². The fourth-order valence-electron chi connectivity index (χ4n) is 3.61. The van der Waals surface area contributed by atoms with Gasteiger partial charge in [0.15, 0.2) is 0 Å². The summed E-state index contributed by atoms with van der Waals surface area (Å²) in [5, 5.41) is 12.3. The lowest BCUT2D eigenvalue weighted by atomic mass is 10.0. The number of carboxylic acid groups (broad SMARTS) is 1. The molecular weight excluding hydrogens is 412 g/mol. The third kappa shape index (κ3) is 8.02. The number of carbonyl (C=O) groups excluding carboxylic acids is 2. The first kappa shape index (κ1) is 26.1. The number of hydrogen-bond donors (Lipinski definition) is 4. The lowest BCUT2D eigenvalue weighted by Gasteiger charge is -2.34. The largest absolute Gasteiger partial charge is 0.480 e. The Morgan fingerprint density at radius 3 is 2.45 bits per heavy atom. The van der Waals surface area contributed by atoms with Crippen LogP contribution < -0.4 is 5.32 Å². The molecule has 29 heavy (non-hydrogen) atoms. The van der Waals surface area contributed by atoms with Gasteiger partial charge in [0.05, 0.1) is 16.7 Å². The van der Waals surface area contributed by atoms with Gasteiger partial charge in [-0.3, -0.25) is 14.9 Å². The van der Waals surface area contributed by atoms with Crippen LogP contribution >= 0.6 is 25.3 Å². The maximum absolute atomic E-state index is 12.8. The van der Waals surface area contributed by atoms with Crippen molar-refractivity contribution in [2.24, 2.45) is 0 Å². The highest BCUT2D eigenvalue weighted by molar-refractivity contribution is 8.00. The predicted octanol–water partition coefficient (Wildman–Crippen LogP) is 2.89. The van der Waals surface area contributed by atoms with Crippen molar-refractivity contribution in [3.05, 3.63) is 0 Å². The van der Waals surface area contributed by atoms with Gasteiger partial charge in [-0.2, -0.15) is 25.3 Å². The van der Waals surface area contributed by atoms with Gasteiger partial charge in [0.1, 0.15) is 12.1 Å². The molecular formula is C20H36N2O5S2. The number of thiol groups is 2. The first-order chi connectivity index (χ1) is 13.7. The number of nitrogens with one attached hydrogen (secondary N) is 1. The van der Waals surface area contributed by atoms with Crippen LogP contribution in [0, 0.1) is 0 Å². The molecule has 1 aliphatic rings. The number of aliphatic carboxylic acids is 1. The summed E-state index contributed by atoms with van der Waals surface area (Å²) >= 11 is 9.25. The van der Waals surface area contributed by atoms with E-state index in [1.54, 1.807) is 13.8 Å². The van der Waals surface area contributed by atoms with E-state index in [0.29, 0.717) is 25.8 Å². The van der Waals surface area contributed by atoms with Gasteiger partial charge < -0.3 is 14.7 Å². The fourth-order valence-corrected chi connectivity index (χ4v) is 4.28. The van der Waals surface area contributed by atoms with E-state index in [1.807, 2.05) is 0 Å². The predicted molar refractivity (Wildman–Crippen MR) is 119 cm³/mol. The summed E-state index contributed by atoms with van der Waals surface area (Å²) in [6.45, 7) is 6.10. The first-order valence-electron chi connectivity index (χ1n) is 10.6. The Kier molecular flexibility index (Phi) is 11.4. The molecule has 1 aliphatic heterocycles. The molecule has 0 bridgehead atoms. The van der Waals surface area contributed by atoms with Gasteiger partial charge in [-0.25, -0.2) is 4.79 Å². The van der Waals surface area contributed by atoms with Crippen LogP contribution in [0.1, 0.15) is 72.1 Å².